The van der Waals surface area contributed by atoms with E-state index in [9.17, 15) is 19.5 Å². The lowest BCUT2D eigenvalue weighted by Crippen LogP contribution is -2.60. The summed E-state index contributed by atoms with van der Waals surface area (Å²) < 4.78 is 25.2. The van der Waals surface area contributed by atoms with Crippen molar-refractivity contribution < 1.29 is 38.4 Å². The highest BCUT2D eigenvalue weighted by molar-refractivity contribution is 5.99. The summed E-state index contributed by atoms with van der Waals surface area (Å²) in [5, 5.41) is 15.3. The van der Waals surface area contributed by atoms with Crippen molar-refractivity contribution in [3.05, 3.63) is 0 Å². The molecule has 1 saturated carbocycles. The van der Waals surface area contributed by atoms with Crippen LogP contribution in [-0.4, -0.2) is 146 Å². The number of amides is 1. The molecule has 12 heteroatoms. The molecule has 3 heterocycles. The third-order valence-corrected chi connectivity index (χ3v) is 12.5. The number of methoxy groups -OCH3 is 1. The van der Waals surface area contributed by atoms with Gasteiger partial charge in [0, 0.05) is 51.3 Å². The standard InChI is InChI=1S/C37H66N4O8/c1-13-30-37(7)33(41(11)35(45)49-37)24(5)40(10)20-21(2)18-36(6,46-12)27(22(3)31(42)23(4)34(44)48-30)17-29-32(43)28(39(8)9)16-26(47-29)19-38-25-14-15-25/h21-30,32-33,38,43H,13-20H2,1-12H3/t21-,22-,23?,24-,26+,27-,28+,29+,30-,32-,33-,36-,37-/m1/s1. The maximum atomic E-state index is 14.4. The number of esters is 1. The number of cyclic esters (lactones) is 1. The van der Waals surface area contributed by atoms with Crippen molar-refractivity contribution in [2.45, 2.75) is 147 Å². The zero-order valence-electron chi connectivity index (χ0n) is 32.2. The molecule has 12 nitrogen and oxygen atoms in total. The van der Waals surface area contributed by atoms with Gasteiger partial charge >= 0.3 is 12.1 Å². The van der Waals surface area contributed by atoms with Crippen LogP contribution >= 0.6 is 0 Å². The van der Waals surface area contributed by atoms with Crippen LogP contribution < -0.4 is 5.32 Å². The molecule has 282 valence electrons. The average Bonchev–Trinajstić information content (AvgIpc) is 3.84. The molecule has 3 saturated heterocycles. The summed E-state index contributed by atoms with van der Waals surface area (Å²) >= 11 is 0. The molecular formula is C37H66N4O8. The van der Waals surface area contributed by atoms with E-state index >= 15 is 0 Å². The highest BCUT2D eigenvalue weighted by atomic mass is 16.6. The number of carbonyl (C=O) groups excluding carboxylic acids is 3. The minimum Gasteiger partial charge on any atom is -0.458 e. The first kappa shape index (κ1) is 39.9. The SMILES string of the molecule is CC[C@H]1OC(=O)C(C)C(=O)[C@H](C)[C@@H](C[C@@H]2O[C@H](CNC3CC3)C[C@H](N(C)C)[C@H]2O)[C@](C)(OC)C[C@@H](C)CN(C)[C@H](C)[C@H]2N(C)C(=O)O[C@]12C. The topological polar surface area (TPSA) is 130 Å². The Morgan fingerprint density at radius 3 is 2.31 bits per heavy atom. The van der Waals surface area contributed by atoms with Gasteiger partial charge in [0.05, 0.1) is 30.0 Å². The van der Waals surface area contributed by atoms with Gasteiger partial charge in [-0.3, -0.25) is 9.59 Å². The molecule has 1 amide bonds. The van der Waals surface area contributed by atoms with Crippen LogP contribution in [0.1, 0.15) is 87.0 Å². The molecule has 1 unspecified atom stereocenters. The highest BCUT2D eigenvalue weighted by Crippen LogP contribution is 2.43. The van der Waals surface area contributed by atoms with E-state index in [0.717, 1.165) is 0 Å². The molecule has 0 spiro atoms. The van der Waals surface area contributed by atoms with E-state index in [1.807, 2.05) is 41.9 Å². The summed E-state index contributed by atoms with van der Waals surface area (Å²) in [5.41, 5.74) is -1.91. The van der Waals surface area contributed by atoms with E-state index in [0.29, 0.717) is 44.8 Å². The molecule has 0 aromatic rings. The molecule has 0 aromatic carbocycles. The highest BCUT2D eigenvalue weighted by Gasteiger charge is 2.58. The van der Waals surface area contributed by atoms with Gasteiger partial charge in [0.15, 0.2) is 5.60 Å². The monoisotopic (exact) mass is 694 g/mol. The molecular weight excluding hydrogens is 628 g/mol. The van der Waals surface area contributed by atoms with E-state index in [1.54, 1.807) is 26.0 Å². The first-order valence-electron chi connectivity index (χ1n) is 18.6. The Bertz CT molecular complexity index is 1170. The van der Waals surface area contributed by atoms with Crippen LogP contribution in [0.15, 0.2) is 0 Å². The molecule has 4 fully saturated rings. The summed E-state index contributed by atoms with van der Waals surface area (Å²) in [7, 11) is 9.43. The normalized spacial score (nSPS) is 43.5. The molecule has 4 aliphatic rings. The van der Waals surface area contributed by atoms with Gasteiger partial charge < -0.3 is 44.1 Å². The van der Waals surface area contributed by atoms with Gasteiger partial charge in [-0.05, 0) is 99.2 Å². The predicted octanol–water partition coefficient (Wildman–Crippen LogP) is 3.33. The maximum Gasteiger partial charge on any atom is 0.410 e. The van der Waals surface area contributed by atoms with Crippen molar-refractivity contribution in [3.8, 4) is 0 Å². The fourth-order valence-electron chi connectivity index (χ4n) is 9.18. The van der Waals surface area contributed by atoms with Crippen LogP contribution in [-0.2, 0) is 28.5 Å². The Kier molecular flexibility index (Phi) is 12.9. The van der Waals surface area contributed by atoms with Crippen molar-refractivity contribution in [1.29, 1.82) is 0 Å². The Morgan fingerprint density at radius 1 is 1.08 bits per heavy atom. The zero-order chi connectivity index (χ0) is 36.6. The number of aliphatic hydroxyl groups is 1. The Labute approximate surface area is 294 Å². The summed E-state index contributed by atoms with van der Waals surface area (Å²) in [6, 6.07) is -0.105. The number of ether oxygens (including phenoxy) is 4. The largest absolute Gasteiger partial charge is 0.458 e. The van der Waals surface area contributed by atoms with Crippen LogP contribution in [0.3, 0.4) is 0 Å². The molecule has 0 aromatic heterocycles. The number of Topliss-reactive ketones (excluding diaryl/α,β-unsaturated/α-hetero) is 1. The van der Waals surface area contributed by atoms with Gasteiger partial charge in [0.2, 0.25) is 0 Å². The first-order valence-corrected chi connectivity index (χ1v) is 18.6. The lowest BCUT2D eigenvalue weighted by Gasteiger charge is -2.47. The Morgan fingerprint density at radius 2 is 1.73 bits per heavy atom. The quantitative estimate of drug-likeness (QED) is 0.287. The average molecular weight is 695 g/mol. The first-order chi connectivity index (χ1) is 22.9. The summed E-state index contributed by atoms with van der Waals surface area (Å²) in [5.74, 6) is -2.80. The van der Waals surface area contributed by atoms with Crippen molar-refractivity contribution in [1.82, 2.24) is 20.0 Å². The van der Waals surface area contributed by atoms with Gasteiger partial charge in [0.1, 0.15) is 17.8 Å². The molecule has 13 atom stereocenters. The van der Waals surface area contributed by atoms with Crippen molar-refractivity contribution in [3.63, 3.8) is 0 Å². The molecule has 2 N–H and O–H groups in total. The number of fused-ring (bicyclic) bond motifs is 1. The Balaban J connectivity index is 1.71. The van der Waals surface area contributed by atoms with Crippen LogP contribution in [0.2, 0.25) is 0 Å². The second kappa shape index (κ2) is 15.8. The summed E-state index contributed by atoms with van der Waals surface area (Å²) in [6.07, 6.45) is 1.91. The van der Waals surface area contributed by atoms with Gasteiger partial charge in [-0.1, -0.05) is 20.8 Å². The number of ketones is 1. The summed E-state index contributed by atoms with van der Waals surface area (Å²) in [4.78, 5) is 47.1. The zero-order valence-corrected chi connectivity index (χ0v) is 32.2. The molecule has 0 bridgehead atoms. The van der Waals surface area contributed by atoms with Crippen LogP contribution in [0.25, 0.3) is 0 Å². The van der Waals surface area contributed by atoms with Crippen molar-refractivity contribution >= 4 is 17.8 Å². The van der Waals surface area contributed by atoms with Crippen LogP contribution in [0, 0.1) is 23.7 Å². The number of aliphatic hydroxyl groups excluding tert-OH is 1. The van der Waals surface area contributed by atoms with Gasteiger partial charge in [0.25, 0.3) is 0 Å². The van der Waals surface area contributed by atoms with E-state index in [1.165, 1.54) is 12.8 Å². The molecule has 0 radical (unpaired) electrons. The second-order valence-electron chi connectivity index (χ2n) is 16.4. The predicted molar refractivity (Wildman–Crippen MR) is 187 cm³/mol. The second-order valence-corrected chi connectivity index (χ2v) is 16.4. The van der Waals surface area contributed by atoms with E-state index < -0.39 is 59.5 Å². The van der Waals surface area contributed by atoms with E-state index in [4.69, 9.17) is 18.9 Å². The van der Waals surface area contributed by atoms with Crippen molar-refractivity contribution in [2.75, 3.05) is 48.4 Å². The number of likely N-dealkylation sites (N-methyl/N-ethyl adjacent to an activating group) is 3. The molecule has 3 aliphatic heterocycles. The number of rotatable bonds is 8. The third kappa shape index (κ3) is 8.46. The van der Waals surface area contributed by atoms with Crippen LogP contribution in [0.5, 0.6) is 0 Å². The number of hydrogen-bond acceptors (Lipinski definition) is 11. The molecule has 4 rings (SSSR count). The minimum absolute atomic E-state index is 0.0783. The van der Waals surface area contributed by atoms with Gasteiger partial charge in [-0.25, -0.2) is 4.79 Å². The number of nitrogens with zero attached hydrogens (tertiary/aromatic N) is 3. The lowest BCUT2D eigenvalue weighted by molar-refractivity contribution is -0.176. The third-order valence-electron chi connectivity index (χ3n) is 12.5. The number of hydrogen-bond donors (Lipinski definition) is 2. The smallest absolute Gasteiger partial charge is 0.410 e. The maximum absolute atomic E-state index is 14.4. The summed E-state index contributed by atoms with van der Waals surface area (Å²) in [6.45, 7) is 14.9. The molecule has 49 heavy (non-hydrogen) atoms. The van der Waals surface area contributed by atoms with Crippen LogP contribution in [0.4, 0.5) is 4.79 Å². The van der Waals surface area contributed by atoms with Crippen molar-refractivity contribution in [2.24, 2.45) is 23.7 Å². The van der Waals surface area contributed by atoms with E-state index in [2.05, 4.69) is 35.9 Å². The Hall–Kier alpha value is -1.83. The fraction of sp³-hybridized carbons (Fsp3) is 0.919. The number of nitrogens with one attached hydrogen (secondary N) is 1. The van der Waals surface area contributed by atoms with Gasteiger partial charge in [-0.2, -0.15) is 0 Å². The fourth-order valence-corrected chi connectivity index (χ4v) is 9.18. The minimum atomic E-state index is -1.12. The molecule has 1 aliphatic carbocycles. The number of carbonyl (C=O) groups is 3. The van der Waals surface area contributed by atoms with Gasteiger partial charge in [-0.15, -0.1) is 0 Å². The van der Waals surface area contributed by atoms with E-state index in [-0.39, 0.29) is 35.8 Å². The lowest BCUT2D eigenvalue weighted by atomic mass is 9.69.